The standard InChI is InChI=1S/C19H27N5O2/c1-15(19-22-18(23-26-19)16-9-5-6-11-20-16)21-17(25)10-14-24-12-7-3-2-4-8-13-24/h5-6,9,11,15H,2-4,7-8,10,12-14H2,1H3,(H,21,25)/t15-/m1/s1. The molecule has 2 aromatic heterocycles. The quantitative estimate of drug-likeness (QED) is 0.856. The molecule has 0 aliphatic carbocycles. The number of hydrogen-bond donors (Lipinski definition) is 1. The molecular formula is C19H27N5O2. The first-order chi connectivity index (χ1) is 12.7. The Bertz CT molecular complexity index is 680. The van der Waals surface area contributed by atoms with E-state index in [0.29, 0.717) is 23.8 Å². The van der Waals surface area contributed by atoms with E-state index in [1.54, 1.807) is 6.20 Å². The molecule has 0 aromatic carbocycles. The third-order valence-corrected chi connectivity index (χ3v) is 4.69. The molecule has 3 heterocycles. The normalized spacial score (nSPS) is 17.3. The van der Waals surface area contributed by atoms with Gasteiger partial charge in [0.05, 0.1) is 0 Å². The smallest absolute Gasteiger partial charge is 0.249 e. The molecule has 1 saturated heterocycles. The largest absolute Gasteiger partial charge is 0.345 e. The Kier molecular flexibility index (Phi) is 6.71. The Balaban J connectivity index is 1.47. The number of aromatic nitrogens is 3. The van der Waals surface area contributed by atoms with E-state index in [-0.39, 0.29) is 11.9 Å². The van der Waals surface area contributed by atoms with E-state index in [0.717, 1.165) is 19.6 Å². The Hall–Kier alpha value is -2.28. The second-order valence-electron chi connectivity index (χ2n) is 6.82. The van der Waals surface area contributed by atoms with E-state index in [1.807, 2.05) is 25.1 Å². The minimum atomic E-state index is -0.320. The zero-order valence-electron chi connectivity index (χ0n) is 15.4. The van der Waals surface area contributed by atoms with Crippen LogP contribution in [0.2, 0.25) is 0 Å². The van der Waals surface area contributed by atoms with Crippen LogP contribution in [-0.2, 0) is 4.79 Å². The van der Waals surface area contributed by atoms with Crippen molar-refractivity contribution in [1.29, 1.82) is 0 Å². The molecule has 1 aliphatic heterocycles. The van der Waals surface area contributed by atoms with Crippen LogP contribution in [0.4, 0.5) is 0 Å². The van der Waals surface area contributed by atoms with Crippen molar-refractivity contribution in [2.24, 2.45) is 0 Å². The topological polar surface area (TPSA) is 84.2 Å². The van der Waals surface area contributed by atoms with E-state index in [2.05, 4.69) is 25.3 Å². The minimum Gasteiger partial charge on any atom is -0.345 e. The maximum Gasteiger partial charge on any atom is 0.249 e. The maximum atomic E-state index is 12.3. The van der Waals surface area contributed by atoms with Gasteiger partial charge in [0, 0.05) is 19.2 Å². The van der Waals surface area contributed by atoms with Gasteiger partial charge in [0.15, 0.2) is 0 Å². The fraction of sp³-hybridized carbons (Fsp3) is 0.579. The van der Waals surface area contributed by atoms with Crippen LogP contribution in [0.3, 0.4) is 0 Å². The third kappa shape index (κ3) is 5.36. The van der Waals surface area contributed by atoms with Gasteiger partial charge in [0.25, 0.3) is 0 Å². The van der Waals surface area contributed by atoms with Gasteiger partial charge in [-0.25, -0.2) is 0 Å². The lowest BCUT2D eigenvalue weighted by Crippen LogP contribution is -2.33. The molecule has 1 aliphatic rings. The average Bonchev–Trinajstić information content (AvgIpc) is 3.12. The van der Waals surface area contributed by atoms with Crippen molar-refractivity contribution in [1.82, 2.24) is 25.3 Å². The molecule has 3 rings (SSSR count). The molecule has 140 valence electrons. The molecule has 7 nitrogen and oxygen atoms in total. The molecule has 26 heavy (non-hydrogen) atoms. The summed E-state index contributed by atoms with van der Waals surface area (Å²) >= 11 is 0. The number of amides is 1. The van der Waals surface area contributed by atoms with Crippen molar-refractivity contribution in [2.45, 2.75) is 51.5 Å². The van der Waals surface area contributed by atoms with E-state index < -0.39 is 0 Å². The summed E-state index contributed by atoms with van der Waals surface area (Å²) in [6, 6.07) is 5.20. The molecule has 1 fully saturated rings. The van der Waals surface area contributed by atoms with Crippen LogP contribution >= 0.6 is 0 Å². The summed E-state index contributed by atoms with van der Waals surface area (Å²) in [4.78, 5) is 23.2. The number of pyridine rings is 1. The van der Waals surface area contributed by atoms with Crippen LogP contribution in [0.15, 0.2) is 28.9 Å². The lowest BCUT2D eigenvalue weighted by Gasteiger charge is -2.24. The van der Waals surface area contributed by atoms with Crippen molar-refractivity contribution in [3.8, 4) is 11.5 Å². The van der Waals surface area contributed by atoms with Gasteiger partial charge in [-0.05, 0) is 45.0 Å². The SMILES string of the molecule is C[C@@H](NC(=O)CCN1CCCCCCC1)c1nc(-c2ccccn2)no1. The predicted octanol–water partition coefficient (Wildman–Crippen LogP) is 2.97. The third-order valence-electron chi connectivity index (χ3n) is 4.69. The summed E-state index contributed by atoms with van der Waals surface area (Å²) in [5, 5.41) is 6.89. The van der Waals surface area contributed by atoms with Gasteiger partial charge in [0.2, 0.25) is 17.6 Å². The number of carbonyl (C=O) groups excluding carboxylic acids is 1. The van der Waals surface area contributed by atoms with E-state index in [9.17, 15) is 4.79 Å². The fourth-order valence-electron chi connectivity index (χ4n) is 3.18. The number of hydrogen-bond acceptors (Lipinski definition) is 6. The van der Waals surface area contributed by atoms with Crippen LogP contribution in [0.1, 0.15) is 57.4 Å². The van der Waals surface area contributed by atoms with Crippen molar-refractivity contribution < 1.29 is 9.32 Å². The monoisotopic (exact) mass is 357 g/mol. The number of nitrogens with zero attached hydrogens (tertiary/aromatic N) is 4. The van der Waals surface area contributed by atoms with Gasteiger partial charge in [0.1, 0.15) is 11.7 Å². The summed E-state index contributed by atoms with van der Waals surface area (Å²) < 4.78 is 5.28. The Morgan fingerprint density at radius 3 is 2.73 bits per heavy atom. The summed E-state index contributed by atoms with van der Waals surface area (Å²) in [6.45, 7) is 4.85. The lowest BCUT2D eigenvalue weighted by atomic mass is 10.1. The maximum absolute atomic E-state index is 12.3. The number of likely N-dealkylation sites (tertiary alicyclic amines) is 1. The van der Waals surface area contributed by atoms with Gasteiger partial charge in [-0.15, -0.1) is 0 Å². The first kappa shape index (κ1) is 18.5. The average molecular weight is 357 g/mol. The molecule has 0 bridgehead atoms. The van der Waals surface area contributed by atoms with E-state index >= 15 is 0 Å². The Morgan fingerprint density at radius 1 is 1.23 bits per heavy atom. The molecule has 1 N–H and O–H groups in total. The number of rotatable bonds is 6. The van der Waals surface area contributed by atoms with Crippen LogP contribution in [-0.4, -0.2) is 45.6 Å². The molecule has 2 aromatic rings. The summed E-state index contributed by atoms with van der Waals surface area (Å²) in [5.41, 5.74) is 0.651. The van der Waals surface area contributed by atoms with Crippen molar-refractivity contribution in [2.75, 3.05) is 19.6 Å². The summed E-state index contributed by atoms with van der Waals surface area (Å²) in [5.74, 6) is 0.838. The molecule has 0 unspecified atom stereocenters. The molecule has 0 radical (unpaired) electrons. The first-order valence-corrected chi connectivity index (χ1v) is 9.49. The zero-order chi connectivity index (χ0) is 18.2. The predicted molar refractivity (Wildman–Crippen MR) is 98.2 cm³/mol. The van der Waals surface area contributed by atoms with Crippen LogP contribution in [0.5, 0.6) is 0 Å². The Labute approximate surface area is 154 Å². The molecule has 0 saturated carbocycles. The first-order valence-electron chi connectivity index (χ1n) is 9.49. The van der Waals surface area contributed by atoms with Crippen LogP contribution < -0.4 is 5.32 Å². The van der Waals surface area contributed by atoms with E-state index in [1.165, 1.54) is 32.1 Å². The van der Waals surface area contributed by atoms with Crippen LogP contribution in [0, 0.1) is 0 Å². The molecule has 0 spiro atoms. The molecule has 1 atom stereocenters. The van der Waals surface area contributed by atoms with Gasteiger partial charge in [-0.1, -0.05) is 30.5 Å². The molecule has 1 amide bonds. The highest BCUT2D eigenvalue weighted by Gasteiger charge is 2.18. The van der Waals surface area contributed by atoms with Gasteiger partial charge in [-0.3, -0.25) is 9.78 Å². The molecular weight excluding hydrogens is 330 g/mol. The summed E-state index contributed by atoms with van der Waals surface area (Å²) in [7, 11) is 0. The zero-order valence-corrected chi connectivity index (χ0v) is 15.4. The number of nitrogens with one attached hydrogen (secondary N) is 1. The van der Waals surface area contributed by atoms with Crippen molar-refractivity contribution >= 4 is 5.91 Å². The van der Waals surface area contributed by atoms with Gasteiger partial charge in [-0.2, -0.15) is 4.98 Å². The van der Waals surface area contributed by atoms with E-state index in [4.69, 9.17) is 4.52 Å². The van der Waals surface area contributed by atoms with Gasteiger partial charge < -0.3 is 14.7 Å². The Morgan fingerprint density at radius 2 is 2.00 bits per heavy atom. The van der Waals surface area contributed by atoms with Gasteiger partial charge >= 0.3 is 0 Å². The second kappa shape index (κ2) is 9.43. The van der Waals surface area contributed by atoms with Crippen molar-refractivity contribution in [3.63, 3.8) is 0 Å². The highest BCUT2D eigenvalue weighted by atomic mass is 16.5. The number of carbonyl (C=O) groups is 1. The lowest BCUT2D eigenvalue weighted by molar-refractivity contribution is -0.122. The highest BCUT2D eigenvalue weighted by molar-refractivity contribution is 5.76. The van der Waals surface area contributed by atoms with Crippen molar-refractivity contribution in [3.05, 3.63) is 30.3 Å². The second-order valence-corrected chi connectivity index (χ2v) is 6.82. The molecule has 7 heteroatoms. The highest BCUT2D eigenvalue weighted by Crippen LogP contribution is 2.16. The summed E-state index contributed by atoms with van der Waals surface area (Å²) in [6.07, 6.45) is 8.58. The van der Waals surface area contributed by atoms with Crippen LogP contribution in [0.25, 0.3) is 11.5 Å². The minimum absolute atomic E-state index is 0.0112. The fourth-order valence-corrected chi connectivity index (χ4v) is 3.18.